The molecule has 0 fully saturated rings. The van der Waals surface area contributed by atoms with E-state index in [1.54, 1.807) is 0 Å². The molecule has 0 spiro atoms. The van der Waals surface area contributed by atoms with E-state index in [1.807, 2.05) is 42.2 Å². The predicted octanol–water partition coefficient (Wildman–Crippen LogP) is 3.57. The molecule has 3 heterocycles. The molecule has 2 aromatic heterocycles. The summed E-state index contributed by atoms with van der Waals surface area (Å²) in [6, 6.07) is 16.3. The Morgan fingerprint density at radius 1 is 1.11 bits per heavy atom. The highest BCUT2D eigenvalue weighted by atomic mass is 32.2. The second-order valence-electron chi connectivity index (χ2n) is 7.00. The summed E-state index contributed by atoms with van der Waals surface area (Å²) in [5.74, 6) is 0.111. The van der Waals surface area contributed by atoms with Crippen molar-refractivity contribution < 1.29 is 4.79 Å². The Kier molecular flexibility index (Phi) is 4.24. The van der Waals surface area contributed by atoms with Gasteiger partial charge < -0.3 is 9.88 Å². The topological polar surface area (TPSA) is 74.8 Å². The molecule has 0 bridgehead atoms. The molecule has 0 unspecified atom stereocenters. The van der Waals surface area contributed by atoms with Gasteiger partial charge in [-0.25, -0.2) is 4.98 Å². The average molecular weight is 389 g/mol. The molecule has 6 nitrogen and oxygen atoms in total. The molecule has 0 aliphatic carbocycles. The second-order valence-corrected chi connectivity index (χ2v) is 8.31. The first kappa shape index (κ1) is 17.2. The van der Waals surface area contributed by atoms with Crippen LogP contribution in [0.4, 0.5) is 0 Å². The van der Waals surface area contributed by atoms with Crippen molar-refractivity contribution in [2.45, 2.75) is 30.3 Å². The molecule has 28 heavy (non-hydrogen) atoms. The number of hydrogen-bond donors (Lipinski definition) is 1. The van der Waals surface area contributed by atoms with Crippen molar-refractivity contribution in [2.75, 3.05) is 6.54 Å². The molecule has 4 aromatic rings. The normalized spacial score (nSPS) is 15.0. The van der Waals surface area contributed by atoms with Crippen LogP contribution in [-0.4, -0.2) is 42.8 Å². The van der Waals surface area contributed by atoms with Crippen LogP contribution in [0, 0.1) is 0 Å². The summed E-state index contributed by atoms with van der Waals surface area (Å²) in [6.45, 7) is 3.33. The molecule has 140 valence electrons. The fourth-order valence-electron chi connectivity index (χ4n) is 3.71. The van der Waals surface area contributed by atoms with Gasteiger partial charge >= 0.3 is 0 Å². The predicted molar refractivity (Wildman–Crippen MR) is 110 cm³/mol. The minimum atomic E-state index is -0.270. The van der Waals surface area contributed by atoms with Crippen LogP contribution in [0.5, 0.6) is 0 Å². The van der Waals surface area contributed by atoms with Crippen molar-refractivity contribution in [3.8, 4) is 0 Å². The molecule has 1 amide bonds. The van der Waals surface area contributed by atoms with Gasteiger partial charge in [0, 0.05) is 24.0 Å². The number of para-hydroxylation sites is 1. The molecule has 0 saturated heterocycles. The highest BCUT2D eigenvalue weighted by Gasteiger charge is 2.26. The lowest BCUT2D eigenvalue weighted by Gasteiger charge is -2.30. The van der Waals surface area contributed by atoms with E-state index in [0.29, 0.717) is 17.3 Å². The molecule has 5 rings (SSSR count). The van der Waals surface area contributed by atoms with Gasteiger partial charge in [0.1, 0.15) is 5.52 Å². The first-order chi connectivity index (χ1) is 13.7. The summed E-state index contributed by atoms with van der Waals surface area (Å²) in [5.41, 5.74) is 5.01. The number of fused-ring (bicyclic) bond motifs is 4. The number of benzene rings is 2. The zero-order valence-electron chi connectivity index (χ0n) is 15.4. The molecular formula is C21H19N5OS. The van der Waals surface area contributed by atoms with Crippen LogP contribution in [0.1, 0.15) is 18.1 Å². The number of aromatic nitrogens is 4. The van der Waals surface area contributed by atoms with E-state index in [1.165, 1.54) is 22.9 Å². The Morgan fingerprint density at radius 3 is 2.79 bits per heavy atom. The summed E-state index contributed by atoms with van der Waals surface area (Å²) in [5, 5.41) is 9.82. The molecule has 1 aliphatic rings. The number of nitrogens with zero attached hydrogens (tertiary/aromatic N) is 4. The lowest BCUT2D eigenvalue weighted by molar-refractivity contribution is -0.131. The van der Waals surface area contributed by atoms with Gasteiger partial charge in [0.05, 0.1) is 5.25 Å². The van der Waals surface area contributed by atoms with Gasteiger partial charge in [0.25, 0.3) is 0 Å². The summed E-state index contributed by atoms with van der Waals surface area (Å²) in [6.07, 6.45) is 0.901. The average Bonchev–Trinajstić information content (AvgIpc) is 3.10. The maximum absolute atomic E-state index is 12.9. The third kappa shape index (κ3) is 3.01. The number of amides is 1. The van der Waals surface area contributed by atoms with Crippen LogP contribution < -0.4 is 0 Å². The molecular weight excluding hydrogens is 370 g/mol. The fraction of sp³-hybridized carbons (Fsp3) is 0.238. The van der Waals surface area contributed by atoms with E-state index < -0.39 is 0 Å². The van der Waals surface area contributed by atoms with Crippen molar-refractivity contribution in [3.63, 3.8) is 0 Å². The van der Waals surface area contributed by atoms with Gasteiger partial charge in [-0.2, -0.15) is 0 Å². The minimum absolute atomic E-state index is 0.111. The van der Waals surface area contributed by atoms with Gasteiger partial charge in [-0.05, 0) is 30.5 Å². The first-order valence-electron chi connectivity index (χ1n) is 9.32. The summed E-state index contributed by atoms with van der Waals surface area (Å²) >= 11 is 1.36. The smallest absolute Gasteiger partial charge is 0.236 e. The zero-order valence-corrected chi connectivity index (χ0v) is 16.2. The third-order valence-electron chi connectivity index (χ3n) is 5.17. The number of aromatic amines is 1. The van der Waals surface area contributed by atoms with E-state index in [2.05, 4.69) is 38.4 Å². The molecule has 1 N–H and O–H groups in total. The van der Waals surface area contributed by atoms with Gasteiger partial charge in [0.2, 0.25) is 11.1 Å². The molecule has 2 aromatic carbocycles. The Balaban J connectivity index is 1.34. The molecule has 1 atom stereocenters. The zero-order chi connectivity index (χ0) is 19.1. The van der Waals surface area contributed by atoms with Crippen molar-refractivity contribution in [2.24, 2.45) is 0 Å². The van der Waals surface area contributed by atoms with E-state index in [-0.39, 0.29) is 11.2 Å². The number of carbonyl (C=O) groups is 1. The second kappa shape index (κ2) is 6.91. The molecule has 0 saturated carbocycles. The Hall–Kier alpha value is -2.93. The summed E-state index contributed by atoms with van der Waals surface area (Å²) < 4.78 is 0. The Labute approximate surface area is 166 Å². The van der Waals surface area contributed by atoms with Gasteiger partial charge in [0.15, 0.2) is 5.65 Å². The fourth-order valence-corrected chi connectivity index (χ4v) is 4.50. The number of H-pyrrole nitrogens is 1. The molecule has 1 aliphatic heterocycles. The molecule has 7 heteroatoms. The third-order valence-corrected chi connectivity index (χ3v) is 6.11. The summed E-state index contributed by atoms with van der Waals surface area (Å²) in [7, 11) is 0. The van der Waals surface area contributed by atoms with E-state index >= 15 is 0 Å². The van der Waals surface area contributed by atoms with Crippen LogP contribution in [0.2, 0.25) is 0 Å². The largest absolute Gasteiger partial charge is 0.338 e. The Bertz CT molecular complexity index is 1190. The quantitative estimate of drug-likeness (QED) is 0.542. The number of nitrogens with one attached hydrogen (secondary N) is 1. The van der Waals surface area contributed by atoms with Crippen LogP contribution in [0.25, 0.3) is 22.1 Å². The van der Waals surface area contributed by atoms with E-state index in [0.717, 1.165) is 29.4 Å². The minimum Gasteiger partial charge on any atom is -0.338 e. The Morgan fingerprint density at radius 2 is 1.89 bits per heavy atom. The standard InChI is InChI=1S/C21H19N5OS/c1-13(20(27)26-11-10-14-6-2-3-7-15(14)12-26)28-21-23-19-18(24-25-21)16-8-4-5-9-17(16)22-19/h2-9,13H,10-12H2,1H3,(H,22,23,25)/t13-/m0/s1. The molecule has 0 radical (unpaired) electrons. The first-order valence-corrected chi connectivity index (χ1v) is 10.2. The van der Waals surface area contributed by atoms with E-state index in [9.17, 15) is 4.79 Å². The van der Waals surface area contributed by atoms with Crippen molar-refractivity contribution in [3.05, 3.63) is 59.7 Å². The SMILES string of the molecule is C[C@H](Sc1nnc2c(n1)[nH]c1ccccc12)C(=O)N1CCc2ccccc2C1. The van der Waals surface area contributed by atoms with Crippen molar-refractivity contribution in [1.82, 2.24) is 25.1 Å². The van der Waals surface area contributed by atoms with Crippen LogP contribution in [0.3, 0.4) is 0 Å². The van der Waals surface area contributed by atoms with Gasteiger partial charge in [-0.15, -0.1) is 10.2 Å². The number of thioether (sulfide) groups is 1. The van der Waals surface area contributed by atoms with Crippen LogP contribution in [-0.2, 0) is 17.8 Å². The maximum Gasteiger partial charge on any atom is 0.236 e. The highest BCUT2D eigenvalue weighted by Crippen LogP contribution is 2.27. The van der Waals surface area contributed by atoms with Crippen molar-refractivity contribution >= 4 is 39.7 Å². The lowest BCUT2D eigenvalue weighted by atomic mass is 10.00. The summed E-state index contributed by atoms with van der Waals surface area (Å²) in [4.78, 5) is 22.7. The highest BCUT2D eigenvalue weighted by molar-refractivity contribution is 8.00. The van der Waals surface area contributed by atoms with E-state index in [4.69, 9.17) is 0 Å². The lowest BCUT2D eigenvalue weighted by Crippen LogP contribution is -2.40. The monoisotopic (exact) mass is 389 g/mol. The van der Waals surface area contributed by atoms with Crippen molar-refractivity contribution in [1.29, 1.82) is 0 Å². The van der Waals surface area contributed by atoms with Gasteiger partial charge in [-0.1, -0.05) is 54.2 Å². The van der Waals surface area contributed by atoms with Crippen LogP contribution >= 0.6 is 11.8 Å². The van der Waals surface area contributed by atoms with Crippen LogP contribution in [0.15, 0.2) is 53.7 Å². The van der Waals surface area contributed by atoms with Gasteiger partial charge in [-0.3, -0.25) is 4.79 Å². The number of carbonyl (C=O) groups excluding carboxylic acids is 1. The number of hydrogen-bond acceptors (Lipinski definition) is 5. The maximum atomic E-state index is 12.9. The number of rotatable bonds is 3.